The quantitative estimate of drug-likeness (QED) is 0.847. The molecule has 7 nitrogen and oxygen atoms in total. The van der Waals surface area contributed by atoms with Crippen molar-refractivity contribution in [3.63, 3.8) is 0 Å². The molecule has 1 N–H and O–H groups in total. The lowest BCUT2D eigenvalue weighted by Crippen LogP contribution is -2.37. The summed E-state index contributed by atoms with van der Waals surface area (Å²) >= 11 is 0. The summed E-state index contributed by atoms with van der Waals surface area (Å²) in [6.45, 7) is 2.36. The number of likely N-dealkylation sites (N-methyl/N-ethyl adjacent to an activating group) is 1. The average Bonchev–Trinajstić information content (AvgIpc) is 2.84. The lowest BCUT2D eigenvalue weighted by Gasteiger charge is -2.23. The summed E-state index contributed by atoms with van der Waals surface area (Å²) in [6.07, 6.45) is 7.61. The SMILES string of the molecule is C[C@@H](Cc1cnccn1)N(C)CC(=O)Nc1ccn(C)n1. The molecule has 2 aromatic heterocycles. The molecule has 0 aliphatic heterocycles. The number of rotatable bonds is 6. The molecule has 7 heteroatoms. The van der Waals surface area contributed by atoms with Crippen LogP contribution >= 0.6 is 0 Å². The number of hydrogen-bond acceptors (Lipinski definition) is 5. The zero-order valence-electron chi connectivity index (χ0n) is 12.5. The van der Waals surface area contributed by atoms with Crippen molar-refractivity contribution < 1.29 is 4.79 Å². The van der Waals surface area contributed by atoms with E-state index in [9.17, 15) is 4.79 Å². The first kappa shape index (κ1) is 15.1. The summed E-state index contributed by atoms with van der Waals surface area (Å²) in [6, 6.07) is 1.96. The molecule has 1 atom stereocenters. The molecule has 0 aliphatic carbocycles. The van der Waals surface area contributed by atoms with Gasteiger partial charge in [-0.3, -0.25) is 24.3 Å². The normalized spacial score (nSPS) is 12.4. The highest BCUT2D eigenvalue weighted by Crippen LogP contribution is 2.05. The molecule has 21 heavy (non-hydrogen) atoms. The zero-order chi connectivity index (χ0) is 15.2. The van der Waals surface area contributed by atoms with Crippen LogP contribution in [-0.4, -0.2) is 50.2 Å². The van der Waals surface area contributed by atoms with E-state index in [0.717, 1.165) is 12.1 Å². The number of carbonyl (C=O) groups is 1. The Morgan fingerprint density at radius 1 is 1.48 bits per heavy atom. The summed E-state index contributed by atoms with van der Waals surface area (Å²) < 4.78 is 1.65. The molecule has 0 radical (unpaired) electrons. The van der Waals surface area contributed by atoms with E-state index in [4.69, 9.17) is 0 Å². The predicted molar refractivity (Wildman–Crippen MR) is 79.7 cm³/mol. The van der Waals surface area contributed by atoms with Gasteiger partial charge in [0.25, 0.3) is 0 Å². The number of aryl methyl sites for hydroxylation is 1. The topological polar surface area (TPSA) is 75.9 Å². The standard InChI is InChI=1S/C14H20N6O/c1-11(8-12-9-15-5-6-16-12)19(2)10-14(21)17-13-4-7-20(3)18-13/h4-7,9,11H,8,10H2,1-3H3,(H,17,18,21)/t11-/m0/s1. The molecule has 0 saturated heterocycles. The van der Waals surface area contributed by atoms with Crippen LogP contribution in [0.2, 0.25) is 0 Å². The summed E-state index contributed by atoms with van der Waals surface area (Å²) in [5.74, 6) is 0.486. The van der Waals surface area contributed by atoms with Crippen LogP contribution in [0, 0.1) is 0 Å². The van der Waals surface area contributed by atoms with E-state index in [2.05, 4.69) is 27.3 Å². The van der Waals surface area contributed by atoms with Gasteiger partial charge < -0.3 is 5.32 Å². The minimum Gasteiger partial charge on any atom is -0.308 e. The molecular weight excluding hydrogens is 268 g/mol. The van der Waals surface area contributed by atoms with Crippen molar-refractivity contribution in [2.45, 2.75) is 19.4 Å². The molecule has 0 bridgehead atoms. The Hall–Kier alpha value is -2.28. The fourth-order valence-corrected chi connectivity index (χ4v) is 1.94. The number of carbonyl (C=O) groups excluding carboxylic acids is 1. The molecule has 0 unspecified atom stereocenters. The highest BCUT2D eigenvalue weighted by molar-refractivity contribution is 5.91. The van der Waals surface area contributed by atoms with Crippen molar-refractivity contribution in [2.24, 2.45) is 7.05 Å². The van der Waals surface area contributed by atoms with Gasteiger partial charge in [-0.2, -0.15) is 5.10 Å². The minimum atomic E-state index is -0.0813. The van der Waals surface area contributed by atoms with E-state index in [0.29, 0.717) is 12.4 Å². The smallest absolute Gasteiger partial charge is 0.239 e. The Morgan fingerprint density at radius 3 is 2.90 bits per heavy atom. The van der Waals surface area contributed by atoms with E-state index in [1.54, 1.807) is 35.5 Å². The maximum atomic E-state index is 12.0. The molecule has 2 rings (SSSR count). The van der Waals surface area contributed by atoms with Crippen molar-refractivity contribution in [3.8, 4) is 0 Å². The summed E-state index contributed by atoms with van der Waals surface area (Å²) in [5.41, 5.74) is 0.919. The molecule has 0 saturated carbocycles. The van der Waals surface area contributed by atoms with Gasteiger partial charge in [0.05, 0.1) is 12.2 Å². The molecule has 1 amide bonds. The number of nitrogens with zero attached hydrogens (tertiary/aromatic N) is 5. The molecule has 112 valence electrons. The van der Waals surface area contributed by atoms with Crippen LogP contribution in [0.25, 0.3) is 0 Å². The van der Waals surface area contributed by atoms with Gasteiger partial charge in [0.2, 0.25) is 5.91 Å². The number of hydrogen-bond donors (Lipinski definition) is 1. The van der Waals surface area contributed by atoms with Gasteiger partial charge in [0.15, 0.2) is 5.82 Å². The largest absolute Gasteiger partial charge is 0.308 e. The minimum absolute atomic E-state index is 0.0813. The third-order valence-corrected chi connectivity index (χ3v) is 3.25. The van der Waals surface area contributed by atoms with Crippen LogP contribution in [0.1, 0.15) is 12.6 Å². The summed E-state index contributed by atoms with van der Waals surface area (Å²) in [5, 5.41) is 6.89. The molecular formula is C14H20N6O. The second-order valence-corrected chi connectivity index (χ2v) is 5.09. The van der Waals surface area contributed by atoms with Crippen LogP contribution in [-0.2, 0) is 18.3 Å². The monoisotopic (exact) mass is 288 g/mol. The van der Waals surface area contributed by atoms with E-state index >= 15 is 0 Å². The molecule has 0 aliphatic rings. The van der Waals surface area contributed by atoms with Crippen molar-refractivity contribution in [1.29, 1.82) is 0 Å². The van der Waals surface area contributed by atoms with Gasteiger partial charge in [0.1, 0.15) is 0 Å². The lowest BCUT2D eigenvalue weighted by atomic mass is 10.1. The number of nitrogens with one attached hydrogen (secondary N) is 1. The maximum Gasteiger partial charge on any atom is 0.239 e. The van der Waals surface area contributed by atoms with Crippen molar-refractivity contribution >= 4 is 11.7 Å². The Bertz CT molecular complexity index is 582. The van der Waals surface area contributed by atoms with E-state index in [-0.39, 0.29) is 11.9 Å². The molecule has 0 spiro atoms. The maximum absolute atomic E-state index is 12.0. The van der Waals surface area contributed by atoms with Crippen LogP contribution in [0.3, 0.4) is 0 Å². The predicted octanol–water partition coefficient (Wildman–Crippen LogP) is 0.712. The van der Waals surface area contributed by atoms with Crippen molar-refractivity contribution in [2.75, 3.05) is 18.9 Å². The average molecular weight is 288 g/mol. The van der Waals surface area contributed by atoms with E-state index < -0.39 is 0 Å². The Morgan fingerprint density at radius 2 is 2.29 bits per heavy atom. The Labute approximate surface area is 124 Å². The number of anilines is 1. The molecule has 2 aromatic rings. The summed E-state index contributed by atoms with van der Waals surface area (Å²) in [7, 11) is 3.73. The first-order chi connectivity index (χ1) is 10.0. The van der Waals surface area contributed by atoms with E-state index in [1.807, 2.05) is 19.0 Å². The molecule has 0 fully saturated rings. The Balaban J connectivity index is 1.82. The number of amides is 1. The van der Waals surface area contributed by atoms with Gasteiger partial charge in [0, 0.05) is 50.4 Å². The Kier molecular flexibility index (Phi) is 4.99. The molecule has 2 heterocycles. The van der Waals surface area contributed by atoms with Gasteiger partial charge in [-0.05, 0) is 14.0 Å². The fraction of sp³-hybridized carbons (Fsp3) is 0.429. The van der Waals surface area contributed by atoms with Gasteiger partial charge in [-0.25, -0.2) is 0 Å². The highest BCUT2D eigenvalue weighted by Gasteiger charge is 2.15. The first-order valence-electron chi connectivity index (χ1n) is 6.79. The third-order valence-electron chi connectivity index (χ3n) is 3.25. The van der Waals surface area contributed by atoms with Crippen LogP contribution in [0.5, 0.6) is 0 Å². The third kappa shape index (κ3) is 4.64. The van der Waals surface area contributed by atoms with Gasteiger partial charge in [-0.1, -0.05) is 0 Å². The lowest BCUT2D eigenvalue weighted by molar-refractivity contribution is -0.117. The van der Waals surface area contributed by atoms with Gasteiger partial charge in [-0.15, -0.1) is 0 Å². The number of aromatic nitrogens is 4. The van der Waals surface area contributed by atoms with Crippen molar-refractivity contribution in [3.05, 3.63) is 36.5 Å². The van der Waals surface area contributed by atoms with Crippen LogP contribution in [0.15, 0.2) is 30.9 Å². The van der Waals surface area contributed by atoms with Gasteiger partial charge >= 0.3 is 0 Å². The van der Waals surface area contributed by atoms with Crippen molar-refractivity contribution in [1.82, 2.24) is 24.6 Å². The van der Waals surface area contributed by atoms with Crippen LogP contribution in [0.4, 0.5) is 5.82 Å². The summed E-state index contributed by atoms with van der Waals surface area (Å²) in [4.78, 5) is 22.2. The first-order valence-corrected chi connectivity index (χ1v) is 6.79. The second kappa shape index (κ2) is 6.94. The highest BCUT2D eigenvalue weighted by atomic mass is 16.2. The second-order valence-electron chi connectivity index (χ2n) is 5.09. The molecule has 0 aromatic carbocycles. The zero-order valence-corrected chi connectivity index (χ0v) is 12.5. The van der Waals surface area contributed by atoms with E-state index in [1.165, 1.54) is 0 Å². The van der Waals surface area contributed by atoms with Crippen LogP contribution < -0.4 is 5.32 Å². The fourth-order valence-electron chi connectivity index (χ4n) is 1.94.